The highest BCUT2D eigenvalue weighted by Gasteiger charge is 2.26. The number of carbonyl (C=O) groups excluding carboxylic acids is 2. The van der Waals surface area contributed by atoms with Crippen molar-refractivity contribution in [3.05, 3.63) is 280 Å². The summed E-state index contributed by atoms with van der Waals surface area (Å²) in [4.78, 5) is 45.1. The Labute approximate surface area is 719 Å². The smallest absolute Gasteiger partial charge is 0.306 e. The molecule has 0 saturated carbocycles. The molecule has 0 bridgehead atoms. The van der Waals surface area contributed by atoms with E-state index in [1.807, 2.05) is 97.1 Å². The van der Waals surface area contributed by atoms with E-state index in [1.165, 1.54) is 53.2 Å². The molecule has 0 radical (unpaired) electrons. The van der Waals surface area contributed by atoms with Crippen molar-refractivity contribution in [2.24, 2.45) is 0 Å². The van der Waals surface area contributed by atoms with Crippen molar-refractivity contribution < 1.29 is 72.8 Å². The lowest BCUT2D eigenvalue weighted by Gasteiger charge is -2.24. The number of carboxylic acids is 2. The molecule has 4 N–H and O–H groups in total. The number of phenols is 2. The van der Waals surface area contributed by atoms with Gasteiger partial charge in [0.05, 0.1) is 61.2 Å². The van der Waals surface area contributed by atoms with Gasteiger partial charge >= 0.3 is 23.9 Å². The summed E-state index contributed by atoms with van der Waals surface area (Å²) >= 11 is 5.98. The number of carbonyl (C=O) groups is 4. The van der Waals surface area contributed by atoms with Crippen LogP contribution in [0.3, 0.4) is 0 Å². The number of halogens is 1. The number of hydrogen-bond acceptors (Lipinski definition) is 13. The van der Waals surface area contributed by atoms with Gasteiger partial charge < -0.3 is 53.6 Å². The maximum atomic E-state index is 11.3. The fourth-order valence-electron chi connectivity index (χ4n) is 14.6. The van der Waals surface area contributed by atoms with E-state index in [4.69, 9.17) is 35.3 Å². The van der Waals surface area contributed by atoms with Gasteiger partial charge in [0.2, 0.25) is 0 Å². The molecule has 0 amide bonds. The van der Waals surface area contributed by atoms with E-state index in [2.05, 4.69) is 190 Å². The lowest BCUT2D eigenvalue weighted by Crippen LogP contribution is -2.14. The van der Waals surface area contributed by atoms with E-state index in [0.29, 0.717) is 31.9 Å². The predicted octanol–water partition coefficient (Wildman–Crippen LogP) is 26.3. The highest BCUT2D eigenvalue weighted by Crippen LogP contribution is 2.41. The second-order valence-corrected chi connectivity index (χ2v) is 33.6. The Bertz CT molecular complexity index is 4600. The molecule has 4 atom stereocenters. The number of aliphatic carboxylic acids is 2. The first-order valence-electron chi connectivity index (χ1n) is 41.7. The third kappa shape index (κ3) is 31.9. The molecule has 0 unspecified atom stereocenters. The lowest BCUT2D eigenvalue weighted by molar-refractivity contribution is -0.142. The molecular formula is C104H129ClO15. The molecular weight excluding hydrogens is 1520 g/mol. The van der Waals surface area contributed by atoms with Crippen LogP contribution in [-0.2, 0) is 64.0 Å². The maximum Gasteiger partial charge on any atom is 0.306 e. The van der Waals surface area contributed by atoms with Gasteiger partial charge in [-0.3, -0.25) is 19.2 Å². The first kappa shape index (κ1) is 97.8. The number of methoxy groups -OCH3 is 5. The Balaban J connectivity index is 0.000000242. The van der Waals surface area contributed by atoms with Gasteiger partial charge in [0, 0.05) is 5.88 Å². The standard InChI is InChI=1S/2C30H36O4.C18H21ClO.2C13H18O3/c2*1-6-9-22(19-29(31)32)23-10-7-13-26(17-23)34-20-21-14-15-27(28(16-21)30(2,3)4)24-11-8-12-25(18-24)33-5;1-18(2,3)17-10-13(12-19)8-9-16(17)14-6-5-7-15(11-14)20-4;2*1-3-5-10(9-13(15)16-2)11-6-4-7-12(14)8-11/h2*7-8,10-18,22H,6,9,19-20H2,1-5H3,(H,31,32);5-11H,12H2,1-4H3;2*4,6-8,10,14H,3,5,9H2,1-2H3/t2*22-;;2*10-/m10.10/s1. The Hall–Kier alpha value is -11.0. The van der Waals surface area contributed by atoms with Gasteiger partial charge in [-0.05, 0) is 240 Å². The van der Waals surface area contributed by atoms with Crippen LogP contribution < -0.4 is 23.7 Å². The molecule has 0 heterocycles. The number of aromatic hydroxyl groups is 2. The summed E-state index contributed by atoms with van der Waals surface area (Å²) in [5.74, 6) is 3.42. The van der Waals surface area contributed by atoms with Crippen LogP contribution in [0.5, 0.6) is 40.2 Å². The number of rotatable bonds is 33. The largest absolute Gasteiger partial charge is 0.508 e. The molecule has 10 aromatic carbocycles. The summed E-state index contributed by atoms with van der Waals surface area (Å²) in [5, 5.41) is 37.4. The van der Waals surface area contributed by atoms with Crippen LogP contribution in [0.25, 0.3) is 33.4 Å². The lowest BCUT2D eigenvalue weighted by atomic mass is 9.81. The zero-order valence-corrected chi connectivity index (χ0v) is 74.7. The van der Waals surface area contributed by atoms with E-state index in [-0.39, 0.29) is 76.2 Å². The SMILES string of the molecule is CCC[C@@H](CC(=O)O)c1cccc(OCc2ccc(-c3cccc(OC)c3)c(C(C)(C)C)c2)c1.CCC[C@@H](CC(=O)OC)c1cccc(O)c1.CCC[C@H](CC(=O)O)c1cccc(OCc2ccc(-c3cccc(OC)c3)c(C(C)(C)C)c2)c1.CCC[C@H](CC(=O)OC)c1cccc(O)c1.COc1cccc(-c2ccc(CCl)cc2C(C)(C)C)c1. The van der Waals surface area contributed by atoms with E-state index < -0.39 is 11.9 Å². The van der Waals surface area contributed by atoms with Crippen molar-refractivity contribution >= 4 is 35.5 Å². The first-order valence-corrected chi connectivity index (χ1v) is 42.2. The fraction of sp³-hybridized carbons (Fsp3) is 0.385. The Kier molecular flexibility index (Phi) is 39.8. The molecule has 0 fully saturated rings. The van der Waals surface area contributed by atoms with E-state index >= 15 is 0 Å². The van der Waals surface area contributed by atoms with Crippen molar-refractivity contribution in [3.8, 4) is 73.6 Å². The zero-order chi connectivity index (χ0) is 88.1. The van der Waals surface area contributed by atoms with Gasteiger partial charge in [0.15, 0.2) is 0 Å². The Morgan fingerprint density at radius 2 is 0.608 bits per heavy atom. The highest BCUT2D eigenvalue weighted by molar-refractivity contribution is 6.17. The van der Waals surface area contributed by atoms with Gasteiger partial charge in [-0.25, -0.2) is 0 Å². The number of alkyl halides is 1. The number of benzene rings is 10. The predicted molar refractivity (Wildman–Crippen MR) is 487 cm³/mol. The molecule has 10 aromatic rings. The third-order valence-corrected chi connectivity index (χ3v) is 21.1. The zero-order valence-electron chi connectivity index (χ0n) is 73.9. The van der Waals surface area contributed by atoms with Crippen LogP contribution in [0.4, 0.5) is 0 Å². The summed E-state index contributed by atoms with van der Waals surface area (Å²) in [6.07, 6.45) is 8.41. The Morgan fingerprint density at radius 3 is 0.883 bits per heavy atom. The van der Waals surface area contributed by atoms with Crippen LogP contribution in [0.15, 0.2) is 224 Å². The average Bonchev–Trinajstić information content (AvgIpc) is 0.800. The van der Waals surface area contributed by atoms with Crippen molar-refractivity contribution in [1.29, 1.82) is 0 Å². The van der Waals surface area contributed by atoms with Gasteiger partial charge in [0.1, 0.15) is 53.5 Å². The van der Waals surface area contributed by atoms with Gasteiger partial charge in [-0.1, -0.05) is 255 Å². The molecule has 15 nitrogen and oxygen atoms in total. The molecule has 10 rings (SSSR count). The van der Waals surface area contributed by atoms with Crippen molar-refractivity contribution in [1.82, 2.24) is 0 Å². The number of ether oxygens (including phenoxy) is 7. The van der Waals surface area contributed by atoms with Crippen LogP contribution in [0.1, 0.15) is 246 Å². The fourth-order valence-corrected chi connectivity index (χ4v) is 14.7. The number of phenolic OH excluding ortho intramolecular Hbond substituents is 2. The summed E-state index contributed by atoms with van der Waals surface area (Å²) in [6.45, 7) is 29.2. The number of hydrogen-bond donors (Lipinski definition) is 4. The highest BCUT2D eigenvalue weighted by atomic mass is 35.5. The second kappa shape index (κ2) is 48.9. The minimum atomic E-state index is -0.768. The second-order valence-electron chi connectivity index (χ2n) is 33.3. The van der Waals surface area contributed by atoms with E-state index in [1.54, 1.807) is 57.7 Å². The van der Waals surface area contributed by atoms with Crippen molar-refractivity contribution in [2.75, 3.05) is 35.5 Å². The monoisotopic (exact) mass is 1650 g/mol. The molecule has 0 spiro atoms. The summed E-state index contributed by atoms with van der Waals surface area (Å²) < 4.78 is 37.8. The maximum absolute atomic E-state index is 11.3. The van der Waals surface area contributed by atoms with Crippen molar-refractivity contribution in [3.63, 3.8) is 0 Å². The molecule has 642 valence electrons. The number of esters is 2. The third-order valence-electron chi connectivity index (χ3n) is 20.8. The van der Waals surface area contributed by atoms with Crippen LogP contribution in [0.2, 0.25) is 0 Å². The van der Waals surface area contributed by atoms with E-state index in [0.717, 1.165) is 130 Å². The van der Waals surface area contributed by atoms with Gasteiger partial charge in [0.25, 0.3) is 0 Å². The molecule has 0 aliphatic carbocycles. The van der Waals surface area contributed by atoms with Gasteiger partial charge in [-0.2, -0.15) is 0 Å². The normalized spacial score (nSPS) is 12.1. The van der Waals surface area contributed by atoms with E-state index in [9.17, 15) is 39.6 Å². The quantitative estimate of drug-likeness (QED) is 0.0222. The summed E-state index contributed by atoms with van der Waals surface area (Å²) in [5.41, 5.74) is 18.2. The first-order chi connectivity index (χ1) is 57.2. The molecule has 120 heavy (non-hydrogen) atoms. The molecule has 0 aliphatic heterocycles. The topological polar surface area (TPSA) is 214 Å². The molecule has 16 heteroatoms. The Morgan fingerprint density at radius 1 is 0.333 bits per heavy atom. The van der Waals surface area contributed by atoms with Gasteiger partial charge in [-0.15, -0.1) is 11.6 Å². The minimum Gasteiger partial charge on any atom is -0.508 e. The van der Waals surface area contributed by atoms with Crippen LogP contribution in [0, 0.1) is 0 Å². The molecule has 0 aromatic heterocycles. The summed E-state index contributed by atoms with van der Waals surface area (Å²) in [6, 6.07) is 73.8. The average molecular weight is 1650 g/mol. The molecule has 0 saturated heterocycles. The minimum absolute atomic E-state index is 0.000639. The molecule has 0 aliphatic rings. The van der Waals surface area contributed by atoms with Crippen LogP contribution in [-0.4, -0.2) is 79.9 Å². The van der Waals surface area contributed by atoms with Crippen LogP contribution >= 0.6 is 11.6 Å². The van der Waals surface area contributed by atoms with Crippen molar-refractivity contribution in [2.45, 2.75) is 226 Å². The summed E-state index contributed by atoms with van der Waals surface area (Å²) in [7, 11) is 7.86. The number of carboxylic acid groups (broad SMARTS) is 2.